The van der Waals surface area contributed by atoms with Crippen molar-refractivity contribution in [3.8, 4) is 23.1 Å². The van der Waals surface area contributed by atoms with E-state index in [2.05, 4.69) is 15.0 Å². The zero-order chi connectivity index (χ0) is 25.3. The molecule has 0 saturated carbocycles. The molecule has 1 amide bonds. The maximum atomic E-state index is 12.6. The predicted molar refractivity (Wildman–Crippen MR) is 141 cm³/mol. The number of pyridine rings is 1. The van der Waals surface area contributed by atoms with Crippen LogP contribution in [-0.4, -0.2) is 45.6 Å². The van der Waals surface area contributed by atoms with Gasteiger partial charge in [0, 0.05) is 43.5 Å². The average Bonchev–Trinajstić information content (AvgIpc) is 3.47. The number of hydrogen-bond acceptors (Lipinski definition) is 7. The van der Waals surface area contributed by atoms with Crippen LogP contribution in [0.2, 0.25) is 0 Å². The molecule has 0 atom stereocenters. The summed E-state index contributed by atoms with van der Waals surface area (Å²) in [6.45, 7) is 1.92. The van der Waals surface area contributed by atoms with E-state index in [1.807, 2.05) is 66.7 Å². The minimum absolute atomic E-state index is 0.305. The van der Waals surface area contributed by atoms with Gasteiger partial charge in [-0.25, -0.2) is 14.8 Å². The van der Waals surface area contributed by atoms with Gasteiger partial charge >= 0.3 is 6.09 Å². The Bertz CT molecular complexity index is 1240. The minimum Gasteiger partial charge on any atom is -0.493 e. The summed E-state index contributed by atoms with van der Waals surface area (Å²) in [5.41, 5.74) is 1.14. The van der Waals surface area contributed by atoms with Crippen LogP contribution < -0.4 is 14.2 Å². The number of aromatic nitrogens is 3. The number of imidazole rings is 1. The van der Waals surface area contributed by atoms with Crippen molar-refractivity contribution in [3.05, 3.63) is 90.9 Å². The van der Waals surface area contributed by atoms with Crippen LogP contribution in [-0.2, 0) is 5.75 Å². The van der Waals surface area contributed by atoms with Crippen LogP contribution in [0.1, 0.15) is 18.4 Å². The van der Waals surface area contributed by atoms with E-state index in [0.717, 1.165) is 35.1 Å². The Hall–Kier alpha value is -3.98. The highest BCUT2D eigenvalue weighted by Gasteiger charge is 2.24. The number of carbonyl (C=O) groups is 1. The lowest BCUT2D eigenvalue weighted by Crippen LogP contribution is -2.41. The Morgan fingerprint density at radius 2 is 1.68 bits per heavy atom. The normalized spacial score (nSPS) is 13.8. The quantitative estimate of drug-likeness (QED) is 0.266. The number of likely N-dealkylation sites (tertiary alicyclic amines) is 1. The molecule has 0 unspecified atom stereocenters. The number of hydrogen-bond donors (Lipinski definition) is 1. The molecular weight excluding hydrogens is 488 g/mol. The molecule has 1 aliphatic heterocycles. The topological polar surface area (TPSA) is 89.6 Å². The van der Waals surface area contributed by atoms with Gasteiger partial charge in [-0.3, -0.25) is 0 Å². The van der Waals surface area contributed by atoms with Gasteiger partial charge in [-0.15, -0.1) is 0 Å². The Kier molecular flexibility index (Phi) is 8.22. The summed E-state index contributed by atoms with van der Waals surface area (Å²) in [5.74, 6) is 3.79. The zero-order valence-electron chi connectivity index (χ0n) is 20.3. The maximum Gasteiger partial charge on any atom is 0.415 e. The number of nitrogens with zero attached hydrogens (tertiary/aromatic N) is 3. The van der Waals surface area contributed by atoms with Crippen molar-refractivity contribution in [3.63, 3.8) is 0 Å². The molecular formula is C28H28N4O4S. The van der Waals surface area contributed by atoms with Crippen molar-refractivity contribution in [1.82, 2.24) is 19.9 Å². The molecule has 0 aliphatic carbocycles. The summed E-state index contributed by atoms with van der Waals surface area (Å²) >= 11 is 1.63. The third kappa shape index (κ3) is 7.27. The van der Waals surface area contributed by atoms with Gasteiger partial charge in [-0.1, -0.05) is 30.0 Å². The number of rotatable bonds is 9. The molecule has 37 heavy (non-hydrogen) atoms. The lowest BCUT2D eigenvalue weighted by molar-refractivity contribution is 0.117. The number of aromatic amines is 1. The highest BCUT2D eigenvalue weighted by atomic mass is 32.2. The summed E-state index contributed by atoms with van der Waals surface area (Å²) in [6, 6.07) is 20.7. The number of ether oxygens (including phenoxy) is 3. The fraction of sp³-hybridized carbons (Fsp3) is 0.250. The molecule has 9 heteroatoms. The molecule has 2 aromatic carbocycles. The first kappa shape index (κ1) is 24.7. The monoisotopic (exact) mass is 516 g/mol. The van der Waals surface area contributed by atoms with Crippen molar-refractivity contribution in [2.24, 2.45) is 5.92 Å². The van der Waals surface area contributed by atoms with Crippen molar-refractivity contribution in [2.75, 3.05) is 19.7 Å². The van der Waals surface area contributed by atoms with Crippen molar-refractivity contribution in [1.29, 1.82) is 0 Å². The molecule has 1 fully saturated rings. The first-order valence-electron chi connectivity index (χ1n) is 12.2. The molecule has 190 valence electrons. The van der Waals surface area contributed by atoms with E-state index in [9.17, 15) is 4.79 Å². The molecule has 3 heterocycles. The molecule has 5 rings (SSSR count). The second-order valence-electron chi connectivity index (χ2n) is 8.68. The Balaban J connectivity index is 1.01. The Labute approximate surface area is 220 Å². The third-order valence-corrected chi connectivity index (χ3v) is 6.99. The first-order valence-corrected chi connectivity index (χ1v) is 13.2. The molecule has 1 saturated heterocycles. The highest BCUT2D eigenvalue weighted by Crippen LogP contribution is 2.25. The Morgan fingerprint density at radius 3 is 2.38 bits per heavy atom. The van der Waals surface area contributed by atoms with Gasteiger partial charge in [0.15, 0.2) is 5.16 Å². The van der Waals surface area contributed by atoms with Crippen molar-refractivity contribution < 1.29 is 19.0 Å². The summed E-state index contributed by atoms with van der Waals surface area (Å²) in [5, 5.41) is 0.883. The number of nitrogens with one attached hydrogen (secondary N) is 1. The predicted octanol–water partition coefficient (Wildman–Crippen LogP) is 6.18. The van der Waals surface area contributed by atoms with Gasteiger partial charge in [0.25, 0.3) is 0 Å². The summed E-state index contributed by atoms with van der Waals surface area (Å²) in [7, 11) is 0. The lowest BCUT2D eigenvalue weighted by atomic mass is 9.98. The number of amides is 1. The van der Waals surface area contributed by atoms with Gasteiger partial charge in [0.05, 0.1) is 6.61 Å². The summed E-state index contributed by atoms with van der Waals surface area (Å²) in [6.07, 6.45) is 6.68. The van der Waals surface area contributed by atoms with Crippen LogP contribution >= 0.6 is 11.8 Å². The standard InChI is InChI=1S/C28H28N4O4S/c33-28(36-25-6-4-22(5-7-25)20-37-27-30-15-16-31-27)32-17-12-21(13-18-32)19-34-23-8-10-24(11-9-23)35-26-3-1-2-14-29-26/h1-11,14-16,21H,12-13,17-20H2,(H,30,31). The minimum atomic E-state index is -0.305. The van der Waals surface area contributed by atoms with Crippen LogP contribution in [0, 0.1) is 5.92 Å². The van der Waals surface area contributed by atoms with Crippen LogP contribution in [0.5, 0.6) is 23.1 Å². The second-order valence-corrected chi connectivity index (χ2v) is 9.64. The fourth-order valence-corrected chi connectivity index (χ4v) is 4.71. The SMILES string of the molecule is O=C(Oc1ccc(CSc2ncc[nH]2)cc1)N1CCC(COc2ccc(Oc3ccccn3)cc2)CC1. The molecule has 0 radical (unpaired) electrons. The van der Waals surface area contributed by atoms with Gasteiger partial charge < -0.3 is 24.1 Å². The zero-order valence-corrected chi connectivity index (χ0v) is 21.1. The molecule has 0 spiro atoms. The third-order valence-electron chi connectivity index (χ3n) is 6.02. The molecule has 0 bridgehead atoms. The van der Waals surface area contributed by atoms with Crippen LogP contribution in [0.3, 0.4) is 0 Å². The lowest BCUT2D eigenvalue weighted by Gasteiger charge is -2.31. The van der Waals surface area contributed by atoms with Crippen LogP contribution in [0.25, 0.3) is 0 Å². The van der Waals surface area contributed by atoms with Crippen molar-refractivity contribution >= 4 is 17.9 Å². The van der Waals surface area contributed by atoms with Gasteiger partial charge in [0.2, 0.25) is 5.88 Å². The Morgan fingerprint density at radius 1 is 0.919 bits per heavy atom. The number of H-pyrrole nitrogens is 1. The van der Waals surface area contributed by atoms with E-state index in [4.69, 9.17) is 14.2 Å². The van der Waals surface area contributed by atoms with Crippen molar-refractivity contribution in [2.45, 2.75) is 23.8 Å². The fourth-order valence-electron chi connectivity index (χ4n) is 3.93. The maximum absolute atomic E-state index is 12.6. The molecule has 1 N–H and O–H groups in total. The van der Waals surface area contributed by atoms with E-state index in [-0.39, 0.29) is 6.09 Å². The van der Waals surface area contributed by atoms with Gasteiger partial charge in [-0.05, 0) is 66.8 Å². The van der Waals surface area contributed by atoms with E-state index in [1.165, 1.54) is 0 Å². The van der Waals surface area contributed by atoms with E-state index >= 15 is 0 Å². The van der Waals surface area contributed by atoms with Crippen LogP contribution in [0.4, 0.5) is 4.79 Å². The first-order chi connectivity index (χ1) is 18.2. The summed E-state index contributed by atoms with van der Waals surface area (Å²) < 4.78 is 17.3. The number of benzene rings is 2. The molecule has 8 nitrogen and oxygen atoms in total. The molecule has 4 aromatic rings. The van der Waals surface area contributed by atoms with Gasteiger partial charge in [0.1, 0.15) is 17.2 Å². The van der Waals surface area contributed by atoms with E-state index in [0.29, 0.717) is 43.0 Å². The van der Waals surface area contributed by atoms with Crippen LogP contribution in [0.15, 0.2) is 90.5 Å². The van der Waals surface area contributed by atoms with Gasteiger partial charge in [-0.2, -0.15) is 0 Å². The smallest absolute Gasteiger partial charge is 0.415 e. The van der Waals surface area contributed by atoms with E-state index in [1.54, 1.807) is 35.3 Å². The molecule has 2 aromatic heterocycles. The highest BCUT2D eigenvalue weighted by molar-refractivity contribution is 7.98. The number of piperidine rings is 1. The average molecular weight is 517 g/mol. The molecule has 1 aliphatic rings. The number of carbonyl (C=O) groups excluding carboxylic acids is 1. The largest absolute Gasteiger partial charge is 0.493 e. The second kappa shape index (κ2) is 12.3. The number of thioether (sulfide) groups is 1. The summed E-state index contributed by atoms with van der Waals surface area (Å²) in [4.78, 5) is 25.8. The van der Waals surface area contributed by atoms with E-state index < -0.39 is 0 Å².